The van der Waals surface area contributed by atoms with Crippen LogP contribution in [0.2, 0.25) is 6.32 Å². The average molecular weight is 489 g/mol. The van der Waals surface area contributed by atoms with E-state index in [1.165, 1.54) is 12.1 Å². The van der Waals surface area contributed by atoms with E-state index in [0.29, 0.717) is 17.9 Å². The van der Waals surface area contributed by atoms with Gasteiger partial charge < -0.3 is 20.1 Å². The van der Waals surface area contributed by atoms with Crippen LogP contribution in [0.15, 0.2) is 77.7 Å². The van der Waals surface area contributed by atoms with Gasteiger partial charge in [-0.1, -0.05) is 37.3 Å². The number of benzene rings is 2. The van der Waals surface area contributed by atoms with Crippen molar-refractivity contribution in [1.29, 1.82) is 0 Å². The van der Waals surface area contributed by atoms with Crippen molar-refractivity contribution in [1.82, 2.24) is 4.90 Å². The van der Waals surface area contributed by atoms with Crippen LogP contribution in [0.4, 0.5) is 14.9 Å². The Hall–Kier alpha value is -3.68. The van der Waals surface area contributed by atoms with Crippen LogP contribution in [0.1, 0.15) is 31.9 Å². The van der Waals surface area contributed by atoms with Crippen LogP contribution in [0.5, 0.6) is 0 Å². The lowest BCUT2D eigenvalue weighted by molar-refractivity contribution is 0.151. The molecule has 0 aromatic heterocycles. The van der Waals surface area contributed by atoms with Gasteiger partial charge in [0.05, 0.1) is 24.0 Å². The van der Waals surface area contributed by atoms with Crippen LogP contribution < -0.4 is 11.1 Å². The van der Waals surface area contributed by atoms with Crippen molar-refractivity contribution in [2.75, 3.05) is 11.9 Å². The minimum atomic E-state index is -0.578. The Balaban J connectivity index is 1.48. The lowest BCUT2D eigenvalue weighted by Gasteiger charge is -2.39. The highest BCUT2D eigenvalue weighted by atomic mass is 19.1. The lowest BCUT2D eigenvalue weighted by atomic mass is 9.87. The quantitative estimate of drug-likeness (QED) is 0.520. The van der Waals surface area contributed by atoms with Crippen molar-refractivity contribution in [3.8, 4) is 0 Å². The molecular weight excluding hydrogens is 456 g/mol. The van der Waals surface area contributed by atoms with E-state index in [2.05, 4.69) is 44.9 Å². The number of carbonyl (C=O) groups excluding carboxylic acids is 1. The molecule has 2 aromatic carbocycles. The van der Waals surface area contributed by atoms with Gasteiger partial charge in [-0.15, -0.1) is 0 Å². The number of amides is 1. The number of fused-ring (bicyclic) bond motifs is 1. The van der Waals surface area contributed by atoms with Gasteiger partial charge in [0.1, 0.15) is 26.0 Å². The van der Waals surface area contributed by atoms with Gasteiger partial charge in [-0.25, -0.2) is 9.18 Å². The predicted octanol–water partition coefficient (Wildman–Crippen LogP) is 4.82. The largest absolute Gasteiger partial charge is 0.498 e. The topological polar surface area (TPSA) is 76.8 Å². The number of nitrogens with one attached hydrogen (secondary N) is 1. The van der Waals surface area contributed by atoms with Crippen molar-refractivity contribution < 1.29 is 18.7 Å². The molecule has 6 nitrogen and oxygen atoms in total. The van der Waals surface area contributed by atoms with E-state index in [-0.39, 0.29) is 30.4 Å². The Morgan fingerprint density at radius 1 is 1.14 bits per heavy atom. The van der Waals surface area contributed by atoms with Crippen molar-refractivity contribution in [2.24, 2.45) is 11.7 Å². The van der Waals surface area contributed by atoms with E-state index >= 15 is 0 Å². The lowest BCUT2D eigenvalue weighted by Crippen LogP contribution is -2.42. The first-order chi connectivity index (χ1) is 17.3. The first-order valence-corrected chi connectivity index (χ1v) is 12.4. The maximum Gasteiger partial charge on any atom is 0.411 e. The molecule has 2 aliphatic rings. The van der Waals surface area contributed by atoms with E-state index in [4.69, 9.17) is 15.2 Å². The summed E-state index contributed by atoms with van der Waals surface area (Å²) in [5, 5.41) is 2.74. The monoisotopic (exact) mass is 489 g/mol. The Labute approximate surface area is 213 Å². The molecule has 0 bridgehead atoms. The molecule has 1 amide bonds. The van der Waals surface area contributed by atoms with Gasteiger partial charge in [-0.05, 0) is 56.1 Å². The Morgan fingerprint density at radius 3 is 2.47 bits per heavy atom. The zero-order valence-electron chi connectivity index (χ0n) is 21.3. The molecule has 1 heterocycles. The second-order valence-corrected chi connectivity index (χ2v) is 9.44. The Kier molecular flexibility index (Phi) is 7.72. The molecule has 1 aliphatic carbocycles. The van der Waals surface area contributed by atoms with Gasteiger partial charge in [0.25, 0.3) is 0 Å². The summed E-state index contributed by atoms with van der Waals surface area (Å²) in [6, 6.07) is 13.7. The normalized spacial score (nSPS) is 19.1. The fourth-order valence-corrected chi connectivity index (χ4v) is 4.78. The highest BCUT2D eigenvalue weighted by Crippen LogP contribution is 2.45. The number of hydrogen-bond acceptors (Lipinski definition) is 5. The van der Waals surface area contributed by atoms with Crippen LogP contribution in [0.25, 0.3) is 5.70 Å². The highest BCUT2D eigenvalue weighted by Gasteiger charge is 2.42. The summed E-state index contributed by atoms with van der Waals surface area (Å²) in [4.78, 5) is 14.6. The zero-order chi connectivity index (χ0) is 25.8. The average Bonchev–Trinajstić information content (AvgIpc) is 3.17. The molecule has 188 valence electrons. The molecule has 4 rings (SSSR count). The van der Waals surface area contributed by atoms with Crippen LogP contribution in [0.3, 0.4) is 0 Å². The van der Waals surface area contributed by atoms with Crippen molar-refractivity contribution in [3.05, 3.63) is 94.7 Å². The van der Waals surface area contributed by atoms with Gasteiger partial charge in [0.2, 0.25) is 0 Å². The first kappa shape index (κ1) is 25.4. The fraction of sp³-hybridized carbons (Fsp3) is 0.321. The number of hydrogen-bond donors (Lipinski definition) is 2. The molecule has 8 heteroatoms. The summed E-state index contributed by atoms with van der Waals surface area (Å²) in [7, 11) is 2.10. The fourth-order valence-electron chi connectivity index (χ4n) is 4.78. The molecule has 0 saturated heterocycles. The van der Waals surface area contributed by atoms with Crippen LogP contribution in [-0.2, 0) is 16.1 Å². The van der Waals surface area contributed by atoms with E-state index in [0.717, 1.165) is 34.6 Å². The van der Waals surface area contributed by atoms with Crippen molar-refractivity contribution in [3.63, 3.8) is 0 Å². The minimum Gasteiger partial charge on any atom is -0.498 e. The summed E-state index contributed by atoms with van der Waals surface area (Å²) in [6.45, 7) is 7.28. The molecule has 0 spiro atoms. The third-order valence-electron chi connectivity index (χ3n) is 6.51. The summed E-state index contributed by atoms with van der Waals surface area (Å²) in [5.41, 5.74) is 11.9. The summed E-state index contributed by atoms with van der Waals surface area (Å²) < 4.78 is 24.3. The molecule has 0 radical (unpaired) electrons. The molecular formula is C28H33BFN3O3. The van der Waals surface area contributed by atoms with Crippen molar-refractivity contribution in [2.45, 2.75) is 45.8 Å². The zero-order valence-corrected chi connectivity index (χ0v) is 21.3. The van der Waals surface area contributed by atoms with E-state index in [1.54, 1.807) is 12.1 Å². The van der Waals surface area contributed by atoms with Gasteiger partial charge in [-0.2, -0.15) is 0 Å². The van der Waals surface area contributed by atoms with Crippen molar-refractivity contribution >= 4 is 25.3 Å². The number of halogens is 1. The summed E-state index contributed by atoms with van der Waals surface area (Å²) in [5.74, 6) is 0.833. The van der Waals surface area contributed by atoms with Crippen LogP contribution in [0, 0.1) is 11.7 Å². The highest BCUT2D eigenvalue weighted by molar-refractivity contribution is 6.08. The Morgan fingerprint density at radius 2 is 1.83 bits per heavy atom. The predicted molar refractivity (Wildman–Crippen MR) is 143 cm³/mol. The molecule has 1 unspecified atom stereocenters. The number of nitrogens with zero attached hydrogens (tertiary/aromatic N) is 1. The second-order valence-electron chi connectivity index (χ2n) is 9.44. The molecule has 2 aromatic rings. The molecule has 1 aliphatic heterocycles. The third kappa shape index (κ3) is 5.27. The number of allylic oxidation sites excluding steroid dienone is 2. The second kappa shape index (κ2) is 10.9. The van der Waals surface area contributed by atoms with E-state index in [1.807, 2.05) is 30.3 Å². The molecule has 0 fully saturated rings. The summed E-state index contributed by atoms with van der Waals surface area (Å²) >= 11 is 0. The van der Waals surface area contributed by atoms with E-state index < -0.39 is 6.09 Å². The molecule has 0 saturated carbocycles. The maximum absolute atomic E-state index is 13.0. The number of anilines is 1. The van der Waals surface area contributed by atoms with Gasteiger partial charge >= 0.3 is 6.09 Å². The maximum atomic E-state index is 13.0. The molecule has 3 N–H and O–H groups in total. The third-order valence-corrected chi connectivity index (χ3v) is 6.51. The number of rotatable bonds is 8. The number of carbonyl (C=O) groups is 1. The standard InChI is InChI=1S/C28H33BFN3O3/c1-17(2)33-26-18(3)24(35-15-14-29)13-12-23(26)25(31)27(33)20-6-10-22(11-7-20)32-28(34)36-16-19-4-8-21(30)9-5-19/h4-13,17-18,26H,14-16,29,31H2,1-3H3,(H,32,34)/t18-,26?/m0/s1. The number of nitrogens with two attached hydrogens (primary N) is 1. The number of ether oxygens (including phenoxy) is 2. The molecule has 36 heavy (non-hydrogen) atoms. The van der Waals surface area contributed by atoms with Crippen LogP contribution >= 0.6 is 0 Å². The van der Waals surface area contributed by atoms with Gasteiger partial charge in [0, 0.05) is 28.8 Å². The van der Waals surface area contributed by atoms with Gasteiger partial charge in [-0.3, -0.25) is 5.32 Å². The smallest absolute Gasteiger partial charge is 0.411 e. The SMILES string of the molecule is BCCOC1=CC=C2C(N)=C(c3ccc(NC(=O)OCc4ccc(F)cc4)cc3)N(C(C)C)C2[C@H]1C. The van der Waals surface area contributed by atoms with Crippen LogP contribution in [-0.4, -0.2) is 37.5 Å². The molecule has 2 atom stereocenters. The van der Waals surface area contributed by atoms with E-state index in [9.17, 15) is 9.18 Å². The minimum absolute atomic E-state index is 0.0592. The van der Waals surface area contributed by atoms with Gasteiger partial charge in [0.15, 0.2) is 0 Å². The Bertz CT molecular complexity index is 1190. The first-order valence-electron chi connectivity index (χ1n) is 12.4. The summed E-state index contributed by atoms with van der Waals surface area (Å²) in [6.07, 6.45) is 4.52.